The Labute approximate surface area is 122 Å². The zero-order valence-electron chi connectivity index (χ0n) is 11.6. The number of rotatable bonds is 8. The third-order valence-electron chi connectivity index (χ3n) is 3.05. The van der Waals surface area contributed by atoms with Crippen molar-refractivity contribution < 1.29 is 14.6 Å². The fourth-order valence-corrected chi connectivity index (χ4v) is 2.65. The predicted molar refractivity (Wildman–Crippen MR) is 78.6 cm³/mol. The van der Waals surface area contributed by atoms with Crippen LogP contribution in [0.1, 0.15) is 17.9 Å². The van der Waals surface area contributed by atoms with Crippen molar-refractivity contribution in [2.24, 2.45) is 0 Å². The Kier molecular flexibility index (Phi) is 5.72. The molecule has 2 rings (SSSR count). The molecule has 110 valence electrons. The van der Waals surface area contributed by atoms with Gasteiger partial charge in [-0.2, -0.15) is 0 Å². The van der Waals surface area contributed by atoms with Gasteiger partial charge in [-0.05, 0) is 24.8 Å². The van der Waals surface area contributed by atoms with Crippen LogP contribution in [0.25, 0.3) is 10.8 Å². The molecule has 2 heterocycles. The highest BCUT2D eigenvalue weighted by Crippen LogP contribution is 2.26. The maximum absolute atomic E-state index is 9.09. The van der Waals surface area contributed by atoms with E-state index in [9.17, 15) is 0 Å². The highest BCUT2D eigenvalue weighted by molar-refractivity contribution is 7.13. The Hall–Kier alpha value is -1.21. The summed E-state index contributed by atoms with van der Waals surface area (Å²) in [6.07, 6.45) is 0.689. The molecule has 5 nitrogen and oxygen atoms in total. The molecule has 0 amide bonds. The first-order valence-electron chi connectivity index (χ1n) is 6.69. The number of aromatic nitrogens is 1. The lowest BCUT2D eigenvalue weighted by molar-refractivity contribution is 0.172. The first-order chi connectivity index (χ1) is 9.74. The topological polar surface area (TPSA) is 69.7 Å². The molecule has 20 heavy (non-hydrogen) atoms. The maximum atomic E-state index is 9.09. The Morgan fingerprint density at radius 2 is 2.15 bits per heavy atom. The Bertz CT molecular complexity index is 510. The van der Waals surface area contributed by atoms with Gasteiger partial charge in [-0.15, -0.1) is 11.3 Å². The van der Waals surface area contributed by atoms with Gasteiger partial charge < -0.3 is 14.6 Å². The van der Waals surface area contributed by atoms with Crippen molar-refractivity contribution in [2.45, 2.75) is 19.9 Å². The van der Waals surface area contributed by atoms with Crippen molar-refractivity contribution in [1.29, 1.82) is 0 Å². The maximum Gasteiger partial charge on any atom is 0.236 e. The van der Waals surface area contributed by atoms with Crippen LogP contribution in [-0.2, 0) is 6.54 Å². The number of aliphatic hydroxyl groups is 2. The van der Waals surface area contributed by atoms with E-state index in [2.05, 4.69) is 9.88 Å². The summed E-state index contributed by atoms with van der Waals surface area (Å²) in [5.41, 5.74) is 0.889. The third kappa shape index (κ3) is 3.89. The largest absolute Gasteiger partial charge is 0.440 e. The van der Waals surface area contributed by atoms with Crippen molar-refractivity contribution in [3.8, 4) is 10.8 Å². The van der Waals surface area contributed by atoms with Crippen LogP contribution < -0.4 is 0 Å². The average Bonchev–Trinajstić information content (AvgIpc) is 3.06. The summed E-state index contributed by atoms with van der Waals surface area (Å²) in [5.74, 6) is 1.46. The summed E-state index contributed by atoms with van der Waals surface area (Å²) < 4.78 is 5.70. The summed E-state index contributed by atoms with van der Waals surface area (Å²) in [7, 11) is 0. The lowest BCUT2D eigenvalue weighted by Crippen LogP contribution is -2.28. The Balaban J connectivity index is 2.07. The number of aliphatic hydroxyl groups excluding tert-OH is 2. The predicted octanol–water partition coefficient (Wildman–Crippen LogP) is 1.89. The molecule has 0 aliphatic rings. The van der Waals surface area contributed by atoms with E-state index >= 15 is 0 Å². The van der Waals surface area contributed by atoms with Gasteiger partial charge in [0, 0.05) is 26.2 Å². The second-order valence-corrected chi connectivity index (χ2v) is 5.52. The van der Waals surface area contributed by atoms with Crippen molar-refractivity contribution in [3.63, 3.8) is 0 Å². The van der Waals surface area contributed by atoms with Crippen LogP contribution in [0.15, 0.2) is 21.9 Å². The molecule has 0 fully saturated rings. The fourth-order valence-electron chi connectivity index (χ4n) is 2.00. The molecule has 6 heteroatoms. The third-order valence-corrected chi connectivity index (χ3v) is 3.90. The number of thiophene rings is 1. The molecule has 0 aliphatic heterocycles. The van der Waals surface area contributed by atoms with E-state index in [1.54, 1.807) is 11.3 Å². The van der Waals surface area contributed by atoms with Crippen molar-refractivity contribution in [2.75, 3.05) is 26.3 Å². The minimum Gasteiger partial charge on any atom is -0.440 e. The van der Waals surface area contributed by atoms with Gasteiger partial charge in [0.15, 0.2) is 0 Å². The highest BCUT2D eigenvalue weighted by Gasteiger charge is 2.15. The summed E-state index contributed by atoms with van der Waals surface area (Å²) in [5, 5.41) is 20.0. The van der Waals surface area contributed by atoms with Crippen molar-refractivity contribution >= 4 is 11.3 Å². The van der Waals surface area contributed by atoms with E-state index in [0.717, 1.165) is 22.9 Å². The van der Waals surface area contributed by atoms with E-state index in [-0.39, 0.29) is 13.2 Å². The van der Waals surface area contributed by atoms with Gasteiger partial charge in [0.05, 0.1) is 17.2 Å². The molecule has 2 aromatic rings. The molecule has 2 N–H and O–H groups in total. The molecular weight excluding hydrogens is 276 g/mol. The normalized spacial score (nSPS) is 11.4. The summed E-state index contributed by atoms with van der Waals surface area (Å²) >= 11 is 1.60. The summed E-state index contributed by atoms with van der Waals surface area (Å²) in [6, 6.07) is 3.95. The van der Waals surface area contributed by atoms with Crippen LogP contribution in [0.2, 0.25) is 0 Å². The van der Waals surface area contributed by atoms with Gasteiger partial charge in [0.2, 0.25) is 5.89 Å². The second kappa shape index (κ2) is 7.54. The quantitative estimate of drug-likeness (QED) is 0.778. The van der Waals surface area contributed by atoms with Crippen LogP contribution >= 0.6 is 11.3 Å². The molecule has 2 aromatic heterocycles. The Morgan fingerprint density at radius 1 is 1.30 bits per heavy atom. The van der Waals surface area contributed by atoms with E-state index in [0.29, 0.717) is 25.4 Å². The van der Waals surface area contributed by atoms with Crippen LogP contribution in [0.3, 0.4) is 0 Å². The number of hydrogen-bond donors (Lipinski definition) is 2. The number of aryl methyl sites for hydroxylation is 1. The molecule has 0 saturated carbocycles. The minimum absolute atomic E-state index is 0.0973. The molecule has 0 radical (unpaired) electrons. The molecular formula is C14H20N2O3S. The first-order valence-corrected chi connectivity index (χ1v) is 7.56. The van der Waals surface area contributed by atoms with Gasteiger partial charge in [-0.25, -0.2) is 4.98 Å². The van der Waals surface area contributed by atoms with E-state index in [1.165, 1.54) is 0 Å². The number of oxazole rings is 1. The SMILES string of the molecule is Cc1oc(-c2cccs2)nc1CN(CCO)CCCO. The number of nitrogens with zero attached hydrogens (tertiary/aromatic N) is 2. The van der Waals surface area contributed by atoms with Gasteiger partial charge in [-0.3, -0.25) is 4.90 Å². The smallest absolute Gasteiger partial charge is 0.236 e. The van der Waals surface area contributed by atoms with Gasteiger partial charge in [0.1, 0.15) is 5.76 Å². The van der Waals surface area contributed by atoms with Crippen LogP contribution in [-0.4, -0.2) is 46.4 Å². The van der Waals surface area contributed by atoms with Crippen LogP contribution in [0.4, 0.5) is 0 Å². The zero-order chi connectivity index (χ0) is 14.4. The fraction of sp³-hybridized carbons (Fsp3) is 0.500. The standard InChI is InChI=1S/C14H20N2O3S/c1-11-12(10-16(6-8-18)5-3-7-17)15-14(19-11)13-4-2-9-20-13/h2,4,9,17-18H,3,5-8,10H2,1H3. The number of hydrogen-bond acceptors (Lipinski definition) is 6. The molecule has 0 bridgehead atoms. The van der Waals surface area contributed by atoms with Crippen LogP contribution in [0, 0.1) is 6.92 Å². The Morgan fingerprint density at radius 3 is 2.80 bits per heavy atom. The molecule has 0 spiro atoms. The van der Waals surface area contributed by atoms with E-state index < -0.39 is 0 Å². The van der Waals surface area contributed by atoms with Crippen molar-refractivity contribution in [1.82, 2.24) is 9.88 Å². The second-order valence-electron chi connectivity index (χ2n) is 4.58. The van der Waals surface area contributed by atoms with E-state index in [4.69, 9.17) is 14.6 Å². The minimum atomic E-state index is 0.0973. The first kappa shape index (κ1) is 15.2. The van der Waals surface area contributed by atoms with Gasteiger partial charge in [-0.1, -0.05) is 6.07 Å². The highest BCUT2D eigenvalue weighted by atomic mass is 32.1. The molecule has 0 saturated heterocycles. The molecule has 0 aromatic carbocycles. The molecule has 0 aliphatic carbocycles. The zero-order valence-corrected chi connectivity index (χ0v) is 12.4. The average molecular weight is 296 g/mol. The summed E-state index contributed by atoms with van der Waals surface area (Å²) in [4.78, 5) is 7.63. The summed E-state index contributed by atoms with van der Waals surface area (Å²) in [6.45, 7) is 4.09. The lowest BCUT2D eigenvalue weighted by Gasteiger charge is -2.19. The van der Waals surface area contributed by atoms with Crippen molar-refractivity contribution in [3.05, 3.63) is 29.0 Å². The monoisotopic (exact) mass is 296 g/mol. The van der Waals surface area contributed by atoms with E-state index in [1.807, 2.05) is 24.4 Å². The van der Waals surface area contributed by atoms with Crippen LogP contribution in [0.5, 0.6) is 0 Å². The van der Waals surface area contributed by atoms with Gasteiger partial charge in [0.25, 0.3) is 0 Å². The lowest BCUT2D eigenvalue weighted by atomic mass is 10.3. The van der Waals surface area contributed by atoms with Gasteiger partial charge >= 0.3 is 0 Å². The molecule has 0 unspecified atom stereocenters. The molecule has 0 atom stereocenters.